The van der Waals surface area contributed by atoms with Crippen LogP contribution in [0.5, 0.6) is 0 Å². The third-order valence-corrected chi connectivity index (χ3v) is 4.23. The molecule has 4 heteroatoms. The lowest BCUT2D eigenvalue weighted by Crippen LogP contribution is -2.29. The molecule has 2 aromatic rings. The van der Waals surface area contributed by atoms with Gasteiger partial charge in [0.2, 0.25) is 0 Å². The van der Waals surface area contributed by atoms with Gasteiger partial charge < -0.3 is 10.0 Å². The number of hydrogen-bond donors (Lipinski definition) is 2. The minimum atomic E-state index is -1.38. The van der Waals surface area contributed by atoms with Gasteiger partial charge in [0.15, 0.2) is 0 Å². The van der Waals surface area contributed by atoms with Gasteiger partial charge in [0.05, 0.1) is 0 Å². The van der Waals surface area contributed by atoms with Crippen molar-refractivity contribution in [2.24, 2.45) is 0 Å². The number of hydrogen-bond acceptors (Lipinski definition) is 3. The molecule has 2 N–H and O–H groups in total. The zero-order chi connectivity index (χ0) is 14.7. The fourth-order valence-corrected chi connectivity index (χ4v) is 3.03. The normalized spacial score (nSPS) is 18.9. The van der Waals surface area contributed by atoms with Crippen molar-refractivity contribution < 1.29 is 10.0 Å². The molecule has 0 bridgehead atoms. The Morgan fingerprint density at radius 3 is 2.38 bits per heavy atom. The van der Waals surface area contributed by atoms with Gasteiger partial charge in [0.1, 0.15) is 0 Å². The Morgan fingerprint density at radius 1 is 1.00 bits per heavy atom. The van der Waals surface area contributed by atoms with E-state index in [9.17, 15) is 0 Å². The van der Waals surface area contributed by atoms with Gasteiger partial charge >= 0.3 is 7.12 Å². The lowest BCUT2D eigenvalue weighted by Gasteiger charge is -2.16. The van der Waals surface area contributed by atoms with E-state index in [4.69, 9.17) is 10.0 Å². The third-order valence-electron chi connectivity index (χ3n) is 4.23. The molecule has 0 aliphatic carbocycles. The van der Waals surface area contributed by atoms with E-state index in [1.807, 2.05) is 12.1 Å². The van der Waals surface area contributed by atoms with Crippen LogP contribution in [0.1, 0.15) is 23.5 Å². The second kappa shape index (κ2) is 6.44. The van der Waals surface area contributed by atoms with Crippen LogP contribution in [-0.4, -0.2) is 35.2 Å². The summed E-state index contributed by atoms with van der Waals surface area (Å²) in [5.41, 5.74) is 3.19. The van der Waals surface area contributed by atoms with Gasteiger partial charge in [-0.25, -0.2) is 0 Å². The Kier molecular flexibility index (Phi) is 4.39. The van der Waals surface area contributed by atoms with Crippen LogP contribution in [0.2, 0.25) is 0 Å². The summed E-state index contributed by atoms with van der Waals surface area (Å²) in [7, 11) is -1.38. The Morgan fingerprint density at radius 2 is 1.71 bits per heavy atom. The fraction of sp³-hybridized carbons (Fsp3) is 0.294. The standard InChI is InChI=1S/C17H20BNO2/c20-18(21)17-8-6-14(7-9-17)12-19-11-10-16(13-19)15-4-2-1-3-5-15/h1-9,16,20-21H,10-13H2. The third kappa shape index (κ3) is 3.53. The predicted molar refractivity (Wildman–Crippen MR) is 85.3 cm³/mol. The lowest BCUT2D eigenvalue weighted by atomic mass is 9.80. The molecule has 0 amide bonds. The Bertz CT molecular complexity index is 571. The maximum Gasteiger partial charge on any atom is 0.488 e. The molecule has 1 fully saturated rings. The summed E-state index contributed by atoms with van der Waals surface area (Å²) in [5.74, 6) is 0.629. The van der Waals surface area contributed by atoms with Crippen LogP contribution in [-0.2, 0) is 6.54 Å². The van der Waals surface area contributed by atoms with Gasteiger partial charge in [0.25, 0.3) is 0 Å². The zero-order valence-corrected chi connectivity index (χ0v) is 12.0. The molecule has 0 aromatic heterocycles. The molecule has 0 radical (unpaired) electrons. The highest BCUT2D eigenvalue weighted by Gasteiger charge is 2.23. The molecule has 3 nitrogen and oxygen atoms in total. The minimum absolute atomic E-state index is 0.544. The zero-order valence-electron chi connectivity index (χ0n) is 12.0. The van der Waals surface area contributed by atoms with Crippen molar-refractivity contribution in [2.45, 2.75) is 18.9 Å². The predicted octanol–water partition coefficient (Wildman–Crippen LogP) is 1.36. The second-order valence-corrected chi connectivity index (χ2v) is 5.75. The van der Waals surface area contributed by atoms with E-state index in [2.05, 4.69) is 35.2 Å². The number of benzene rings is 2. The Labute approximate surface area is 126 Å². The summed E-state index contributed by atoms with van der Waals surface area (Å²) in [5, 5.41) is 18.2. The molecule has 108 valence electrons. The molecule has 0 saturated carbocycles. The van der Waals surface area contributed by atoms with Crippen molar-refractivity contribution in [2.75, 3.05) is 13.1 Å². The van der Waals surface area contributed by atoms with Gasteiger partial charge in [-0.1, -0.05) is 54.6 Å². The van der Waals surface area contributed by atoms with Crippen LogP contribution < -0.4 is 5.46 Å². The molecule has 3 rings (SSSR count). The average molecular weight is 281 g/mol. The first-order chi connectivity index (χ1) is 10.2. The summed E-state index contributed by atoms with van der Waals surface area (Å²) in [4.78, 5) is 2.46. The van der Waals surface area contributed by atoms with Crippen LogP contribution in [0, 0.1) is 0 Å². The lowest BCUT2D eigenvalue weighted by molar-refractivity contribution is 0.327. The highest BCUT2D eigenvalue weighted by Crippen LogP contribution is 2.27. The first kappa shape index (κ1) is 14.3. The SMILES string of the molecule is OB(O)c1ccc(CN2CCC(c3ccccc3)C2)cc1. The summed E-state index contributed by atoms with van der Waals surface area (Å²) in [6, 6.07) is 18.2. The molecule has 1 aliphatic heterocycles. The van der Waals surface area contributed by atoms with Crippen molar-refractivity contribution in [3.63, 3.8) is 0 Å². The molecule has 1 saturated heterocycles. The van der Waals surface area contributed by atoms with Gasteiger partial charge in [-0.05, 0) is 35.5 Å². The molecule has 1 heterocycles. The van der Waals surface area contributed by atoms with Crippen molar-refractivity contribution in [3.8, 4) is 0 Å². The smallest absolute Gasteiger partial charge is 0.423 e. The van der Waals surface area contributed by atoms with Crippen LogP contribution in [0.15, 0.2) is 54.6 Å². The first-order valence-corrected chi connectivity index (χ1v) is 7.44. The Hall–Kier alpha value is -1.62. The van der Waals surface area contributed by atoms with Crippen LogP contribution in [0.4, 0.5) is 0 Å². The van der Waals surface area contributed by atoms with Gasteiger partial charge in [-0.2, -0.15) is 0 Å². The summed E-state index contributed by atoms with van der Waals surface area (Å²) < 4.78 is 0. The molecule has 1 unspecified atom stereocenters. The molecule has 1 aliphatic rings. The van der Waals surface area contributed by atoms with Crippen molar-refractivity contribution >= 4 is 12.6 Å². The van der Waals surface area contributed by atoms with Crippen LogP contribution >= 0.6 is 0 Å². The quantitative estimate of drug-likeness (QED) is 0.832. The topological polar surface area (TPSA) is 43.7 Å². The second-order valence-electron chi connectivity index (χ2n) is 5.75. The van der Waals surface area contributed by atoms with Gasteiger partial charge in [-0.3, -0.25) is 4.90 Å². The number of rotatable bonds is 4. The van der Waals surface area contributed by atoms with Crippen LogP contribution in [0.3, 0.4) is 0 Å². The van der Waals surface area contributed by atoms with E-state index < -0.39 is 7.12 Å². The molecule has 2 aromatic carbocycles. The Balaban J connectivity index is 1.59. The van der Waals surface area contributed by atoms with Crippen LogP contribution in [0.25, 0.3) is 0 Å². The molecular formula is C17H20BNO2. The minimum Gasteiger partial charge on any atom is -0.423 e. The van der Waals surface area contributed by atoms with Crippen molar-refractivity contribution in [1.29, 1.82) is 0 Å². The van der Waals surface area contributed by atoms with E-state index in [-0.39, 0.29) is 0 Å². The maximum atomic E-state index is 9.10. The van der Waals surface area contributed by atoms with E-state index in [1.54, 1.807) is 12.1 Å². The summed E-state index contributed by atoms with van der Waals surface area (Å²) >= 11 is 0. The highest BCUT2D eigenvalue weighted by atomic mass is 16.4. The summed E-state index contributed by atoms with van der Waals surface area (Å²) in [6.07, 6.45) is 1.21. The summed E-state index contributed by atoms with van der Waals surface area (Å²) in [6.45, 7) is 3.13. The molecule has 0 spiro atoms. The van der Waals surface area contributed by atoms with Crippen molar-refractivity contribution in [3.05, 3.63) is 65.7 Å². The fourth-order valence-electron chi connectivity index (χ4n) is 3.03. The van der Waals surface area contributed by atoms with Gasteiger partial charge in [-0.15, -0.1) is 0 Å². The monoisotopic (exact) mass is 281 g/mol. The average Bonchev–Trinajstić information content (AvgIpc) is 2.97. The molecular weight excluding hydrogens is 261 g/mol. The van der Waals surface area contributed by atoms with Crippen molar-refractivity contribution in [1.82, 2.24) is 4.90 Å². The molecule has 1 atom stereocenters. The molecule has 21 heavy (non-hydrogen) atoms. The largest absolute Gasteiger partial charge is 0.488 e. The van der Waals surface area contributed by atoms with E-state index >= 15 is 0 Å². The van der Waals surface area contributed by atoms with E-state index in [1.165, 1.54) is 17.5 Å². The van der Waals surface area contributed by atoms with E-state index in [0.29, 0.717) is 11.4 Å². The maximum absolute atomic E-state index is 9.10. The number of nitrogens with zero attached hydrogens (tertiary/aromatic N) is 1. The first-order valence-electron chi connectivity index (χ1n) is 7.44. The number of likely N-dealkylation sites (tertiary alicyclic amines) is 1. The van der Waals surface area contributed by atoms with Gasteiger partial charge in [0, 0.05) is 13.1 Å². The van der Waals surface area contributed by atoms with E-state index in [0.717, 1.165) is 19.6 Å². The highest BCUT2D eigenvalue weighted by molar-refractivity contribution is 6.58.